The van der Waals surface area contributed by atoms with Crippen LogP contribution in [0.5, 0.6) is 0 Å². The van der Waals surface area contributed by atoms with Gasteiger partial charge in [-0.05, 0) is 36.0 Å². The molecule has 14 heavy (non-hydrogen) atoms. The van der Waals surface area contributed by atoms with Crippen LogP contribution in [0.4, 0.5) is 0 Å². The fourth-order valence-electron chi connectivity index (χ4n) is 1.59. The van der Waals surface area contributed by atoms with Crippen molar-refractivity contribution < 1.29 is 0 Å². The molecule has 0 nitrogen and oxygen atoms in total. The zero-order valence-electron chi connectivity index (χ0n) is 8.63. The minimum atomic E-state index is 0.491. The summed E-state index contributed by atoms with van der Waals surface area (Å²) in [5, 5.41) is 0. The summed E-state index contributed by atoms with van der Waals surface area (Å²) in [5.74, 6) is 1.90. The maximum Gasteiger partial charge on any atom is 0.0292 e. The summed E-state index contributed by atoms with van der Waals surface area (Å²) in [6, 6.07) is 8.46. The second-order valence-corrected chi connectivity index (χ2v) is 5.26. The average Bonchev–Trinajstić information content (AvgIpc) is 2.15. The van der Waals surface area contributed by atoms with Crippen molar-refractivity contribution in [2.24, 2.45) is 5.92 Å². The second kappa shape index (κ2) is 5.77. The van der Waals surface area contributed by atoms with Crippen molar-refractivity contribution in [1.29, 1.82) is 0 Å². The summed E-state index contributed by atoms with van der Waals surface area (Å²) in [5.41, 5.74) is 1.34. The molecule has 0 N–H and O–H groups in total. The van der Waals surface area contributed by atoms with Gasteiger partial charge >= 0.3 is 0 Å². The van der Waals surface area contributed by atoms with Gasteiger partial charge in [0.05, 0.1) is 0 Å². The first-order chi connectivity index (χ1) is 6.63. The van der Waals surface area contributed by atoms with Crippen LogP contribution in [-0.4, -0.2) is 5.88 Å². The first-order valence-corrected chi connectivity index (χ1v) is 6.27. The SMILES string of the molecule is CC(C)CC(CCl)c1ccc(Br)cc1. The van der Waals surface area contributed by atoms with Crippen molar-refractivity contribution >= 4 is 27.5 Å². The molecule has 0 aliphatic heterocycles. The van der Waals surface area contributed by atoms with Gasteiger partial charge in [-0.1, -0.05) is 41.9 Å². The summed E-state index contributed by atoms with van der Waals surface area (Å²) < 4.78 is 1.12. The number of rotatable bonds is 4. The van der Waals surface area contributed by atoms with Crippen LogP contribution in [0.25, 0.3) is 0 Å². The van der Waals surface area contributed by atoms with E-state index in [9.17, 15) is 0 Å². The number of hydrogen-bond donors (Lipinski definition) is 0. The average molecular weight is 276 g/mol. The zero-order valence-corrected chi connectivity index (χ0v) is 11.0. The van der Waals surface area contributed by atoms with Crippen molar-refractivity contribution in [3.63, 3.8) is 0 Å². The van der Waals surface area contributed by atoms with E-state index in [-0.39, 0.29) is 0 Å². The molecular formula is C12H16BrCl. The number of halogens is 2. The van der Waals surface area contributed by atoms with Crippen LogP contribution in [0.1, 0.15) is 31.7 Å². The maximum atomic E-state index is 5.97. The maximum absolute atomic E-state index is 5.97. The first-order valence-electron chi connectivity index (χ1n) is 4.95. The Morgan fingerprint density at radius 2 is 1.79 bits per heavy atom. The molecule has 1 unspecified atom stereocenters. The molecule has 0 fully saturated rings. The van der Waals surface area contributed by atoms with E-state index in [1.807, 2.05) is 0 Å². The molecule has 0 radical (unpaired) electrons. The monoisotopic (exact) mass is 274 g/mol. The minimum Gasteiger partial charge on any atom is -0.126 e. The minimum absolute atomic E-state index is 0.491. The van der Waals surface area contributed by atoms with E-state index in [4.69, 9.17) is 11.6 Å². The Morgan fingerprint density at radius 3 is 2.21 bits per heavy atom. The van der Waals surface area contributed by atoms with Crippen LogP contribution in [0.3, 0.4) is 0 Å². The van der Waals surface area contributed by atoms with Crippen molar-refractivity contribution in [3.05, 3.63) is 34.3 Å². The van der Waals surface area contributed by atoms with E-state index >= 15 is 0 Å². The van der Waals surface area contributed by atoms with E-state index < -0.39 is 0 Å². The molecule has 0 spiro atoms. The van der Waals surface area contributed by atoms with E-state index in [1.165, 1.54) is 5.56 Å². The third kappa shape index (κ3) is 3.62. The van der Waals surface area contributed by atoms with Crippen LogP contribution in [0.15, 0.2) is 28.7 Å². The van der Waals surface area contributed by atoms with Gasteiger partial charge in [0.2, 0.25) is 0 Å². The van der Waals surface area contributed by atoms with E-state index in [2.05, 4.69) is 54.0 Å². The van der Waals surface area contributed by atoms with Crippen LogP contribution >= 0.6 is 27.5 Å². The molecule has 1 aromatic rings. The van der Waals surface area contributed by atoms with Gasteiger partial charge < -0.3 is 0 Å². The molecule has 1 rings (SSSR count). The largest absolute Gasteiger partial charge is 0.126 e. The zero-order chi connectivity index (χ0) is 10.6. The van der Waals surface area contributed by atoms with Crippen molar-refractivity contribution in [1.82, 2.24) is 0 Å². The molecule has 78 valence electrons. The molecule has 1 aromatic carbocycles. The highest BCUT2D eigenvalue weighted by Crippen LogP contribution is 2.26. The molecule has 0 aromatic heterocycles. The van der Waals surface area contributed by atoms with Crippen LogP contribution in [-0.2, 0) is 0 Å². The molecule has 0 amide bonds. The van der Waals surface area contributed by atoms with E-state index in [0.29, 0.717) is 17.7 Å². The highest BCUT2D eigenvalue weighted by Gasteiger charge is 2.11. The fraction of sp³-hybridized carbons (Fsp3) is 0.500. The van der Waals surface area contributed by atoms with E-state index in [0.717, 1.165) is 10.9 Å². The Hall–Kier alpha value is -0.0100. The van der Waals surface area contributed by atoms with Gasteiger partial charge in [0, 0.05) is 10.4 Å². The molecule has 0 aliphatic carbocycles. The molecular weight excluding hydrogens is 259 g/mol. The Bertz CT molecular complexity index is 266. The molecule has 0 saturated carbocycles. The number of hydrogen-bond acceptors (Lipinski definition) is 0. The Morgan fingerprint density at radius 1 is 1.21 bits per heavy atom. The molecule has 0 heterocycles. The predicted molar refractivity (Wildman–Crippen MR) is 67.1 cm³/mol. The standard InChI is InChI=1S/C12H16BrCl/c1-9(2)7-11(8-14)10-3-5-12(13)6-4-10/h3-6,9,11H,7-8H2,1-2H3. The van der Waals surface area contributed by atoms with E-state index in [1.54, 1.807) is 0 Å². The molecule has 0 saturated heterocycles. The summed E-state index contributed by atoms with van der Waals surface area (Å²) in [6.07, 6.45) is 1.16. The highest BCUT2D eigenvalue weighted by atomic mass is 79.9. The van der Waals surface area contributed by atoms with Gasteiger partial charge in [-0.15, -0.1) is 11.6 Å². The normalized spacial score (nSPS) is 13.2. The first kappa shape index (κ1) is 12.1. The summed E-state index contributed by atoms with van der Waals surface area (Å²) in [7, 11) is 0. The van der Waals surface area contributed by atoms with Gasteiger partial charge in [0.15, 0.2) is 0 Å². The lowest BCUT2D eigenvalue weighted by molar-refractivity contribution is 0.526. The molecule has 0 aliphatic rings. The fourth-order valence-corrected chi connectivity index (χ4v) is 2.16. The lowest BCUT2D eigenvalue weighted by Gasteiger charge is -2.16. The molecule has 2 heteroatoms. The second-order valence-electron chi connectivity index (χ2n) is 4.03. The van der Waals surface area contributed by atoms with Crippen LogP contribution < -0.4 is 0 Å². The van der Waals surface area contributed by atoms with Crippen molar-refractivity contribution in [2.45, 2.75) is 26.2 Å². The smallest absolute Gasteiger partial charge is 0.0292 e. The number of benzene rings is 1. The number of alkyl halides is 1. The lowest BCUT2D eigenvalue weighted by atomic mass is 9.92. The van der Waals surface area contributed by atoms with Crippen molar-refractivity contribution in [3.8, 4) is 0 Å². The summed E-state index contributed by atoms with van der Waals surface area (Å²) in [4.78, 5) is 0. The van der Waals surface area contributed by atoms with Gasteiger partial charge in [-0.3, -0.25) is 0 Å². The van der Waals surface area contributed by atoms with Crippen LogP contribution in [0, 0.1) is 5.92 Å². The van der Waals surface area contributed by atoms with Gasteiger partial charge in [0.1, 0.15) is 0 Å². The van der Waals surface area contributed by atoms with Crippen molar-refractivity contribution in [2.75, 3.05) is 5.88 Å². The van der Waals surface area contributed by atoms with Gasteiger partial charge in [0.25, 0.3) is 0 Å². The Balaban J connectivity index is 2.73. The topological polar surface area (TPSA) is 0 Å². The van der Waals surface area contributed by atoms with Crippen LogP contribution in [0.2, 0.25) is 0 Å². The summed E-state index contributed by atoms with van der Waals surface area (Å²) >= 11 is 9.41. The Labute approximate surface area is 99.8 Å². The lowest BCUT2D eigenvalue weighted by Crippen LogP contribution is -2.04. The molecule has 1 atom stereocenters. The Kier molecular flexibility index (Phi) is 4.97. The third-order valence-corrected chi connectivity index (χ3v) is 3.18. The quantitative estimate of drug-likeness (QED) is 0.691. The predicted octanol–water partition coefficient (Wildman–Crippen LogP) is 4.82. The highest BCUT2D eigenvalue weighted by molar-refractivity contribution is 9.10. The molecule has 0 bridgehead atoms. The summed E-state index contributed by atoms with van der Waals surface area (Å²) in [6.45, 7) is 4.47. The van der Waals surface area contributed by atoms with Gasteiger partial charge in [-0.25, -0.2) is 0 Å². The third-order valence-electron chi connectivity index (χ3n) is 2.28. The van der Waals surface area contributed by atoms with Gasteiger partial charge in [-0.2, -0.15) is 0 Å².